The number of hydrogen-bond acceptors (Lipinski definition) is 1. The van der Waals surface area contributed by atoms with Gasteiger partial charge in [0.25, 0.3) is 0 Å². The van der Waals surface area contributed by atoms with Crippen LogP contribution in [-0.4, -0.2) is 28.9 Å². The van der Waals surface area contributed by atoms with Crippen LogP contribution in [0.3, 0.4) is 0 Å². The van der Waals surface area contributed by atoms with E-state index in [4.69, 9.17) is 0 Å². The number of aromatic nitrogens is 1. The molecule has 0 bridgehead atoms. The van der Waals surface area contributed by atoms with Gasteiger partial charge in [0, 0.05) is 0 Å². The molecule has 1 nitrogen and oxygen atoms in total. The molecule has 0 N–H and O–H groups in total. The minimum absolute atomic E-state index is 1.22. The molecular weight excluding hydrogens is 112 g/mol. The molecule has 0 saturated carbocycles. The van der Waals surface area contributed by atoms with Crippen molar-refractivity contribution in [3.8, 4) is 0 Å². The molecule has 1 rings (SSSR count). The summed E-state index contributed by atoms with van der Waals surface area (Å²) < 4.78 is 0. The minimum atomic E-state index is 1.22. The molecule has 0 aliphatic carbocycles. The van der Waals surface area contributed by atoms with Crippen molar-refractivity contribution < 1.29 is 0 Å². The fourth-order valence-corrected chi connectivity index (χ4v) is 1.03. The van der Waals surface area contributed by atoms with Gasteiger partial charge in [0.1, 0.15) is 0 Å². The molecule has 0 aromatic carbocycles. The molecule has 0 fully saturated rings. The molecule has 8 heavy (non-hydrogen) atoms. The van der Waals surface area contributed by atoms with E-state index in [1.54, 1.807) is 6.20 Å². The summed E-state index contributed by atoms with van der Waals surface area (Å²) in [6.07, 6.45) is 3.73. The van der Waals surface area contributed by atoms with Gasteiger partial charge in [-0.3, -0.25) is 0 Å². The van der Waals surface area contributed by atoms with Gasteiger partial charge < -0.3 is 0 Å². The molecule has 1 aromatic rings. The van der Waals surface area contributed by atoms with Gasteiger partial charge in [-0.2, -0.15) is 0 Å². The van der Waals surface area contributed by atoms with Crippen molar-refractivity contribution in [3.63, 3.8) is 0 Å². The van der Waals surface area contributed by atoms with Crippen LogP contribution < -0.4 is 5.36 Å². The number of rotatable bonds is 1. The van der Waals surface area contributed by atoms with Crippen LogP contribution in [0.4, 0.5) is 0 Å². The monoisotopic (exact) mass is 119 g/mol. The van der Waals surface area contributed by atoms with Crippen molar-refractivity contribution >= 4 is 29.3 Å². The average Bonchev–Trinajstić information content (AvgIpc) is 1.90. The molecule has 0 aliphatic rings. The van der Waals surface area contributed by atoms with Crippen LogP contribution in [0.25, 0.3) is 0 Å². The van der Waals surface area contributed by atoms with Crippen LogP contribution in [-0.2, 0) is 0 Å². The predicted molar refractivity (Wildman–Crippen MR) is 42.3 cm³/mol. The summed E-state index contributed by atoms with van der Waals surface area (Å²) in [6.45, 7) is 3.33. The third-order valence-electron chi connectivity index (χ3n) is 1.13. The third kappa shape index (κ3) is 1.30. The van der Waals surface area contributed by atoms with E-state index in [2.05, 4.69) is 11.9 Å². The van der Waals surface area contributed by atoms with Crippen molar-refractivity contribution in [2.24, 2.45) is 0 Å². The zero-order valence-electron chi connectivity index (χ0n) is 4.96. The summed E-state index contributed by atoms with van der Waals surface area (Å²) in [6, 6.07) is 0. The van der Waals surface area contributed by atoms with Crippen LogP contribution in [0.1, 0.15) is 0 Å². The SMILES string of the molecule is [SiH3]Bc1bccnc1. The zero-order chi connectivity index (χ0) is 5.82. The van der Waals surface area contributed by atoms with Gasteiger partial charge in [-0.1, -0.05) is 0 Å². The predicted octanol–water partition coefficient (Wildman–Crippen LogP) is -2.24. The Morgan fingerprint density at radius 3 is 3.00 bits per heavy atom. The van der Waals surface area contributed by atoms with E-state index in [0.717, 1.165) is 0 Å². The summed E-state index contributed by atoms with van der Waals surface area (Å²) in [4.78, 5) is 3.98. The Hall–Kier alpha value is -0.373. The summed E-state index contributed by atoms with van der Waals surface area (Å²) in [5.74, 6) is 1.98. The Bertz CT molecular complexity index is 155. The fraction of sp³-hybridized carbons (Fsp3) is 0. The van der Waals surface area contributed by atoms with Crippen molar-refractivity contribution in [3.05, 3.63) is 18.4 Å². The maximum absolute atomic E-state index is 3.98. The van der Waals surface area contributed by atoms with Crippen molar-refractivity contribution in [2.75, 3.05) is 0 Å². The normalized spacial score (nSPS) is 8.50. The van der Waals surface area contributed by atoms with Gasteiger partial charge in [0.2, 0.25) is 0 Å². The molecule has 0 radical (unpaired) electrons. The van der Waals surface area contributed by atoms with Crippen molar-refractivity contribution in [1.29, 1.82) is 0 Å². The molecule has 0 spiro atoms. The fourth-order valence-electron chi connectivity index (χ4n) is 0.607. The second kappa shape index (κ2) is 2.82. The second-order valence-electron chi connectivity index (χ2n) is 1.71. The first kappa shape index (κ1) is 5.76. The molecule has 0 unspecified atom stereocenters. The molecule has 0 atom stereocenters. The van der Waals surface area contributed by atoms with Crippen LogP contribution in [0.5, 0.6) is 0 Å². The number of nitrogens with zero attached hydrogens (tertiary/aromatic N) is 1. The van der Waals surface area contributed by atoms with E-state index in [-0.39, 0.29) is 0 Å². The van der Waals surface area contributed by atoms with Gasteiger partial charge in [0.05, 0.1) is 0 Å². The van der Waals surface area contributed by atoms with Crippen LogP contribution in [0.2, 0.25) is 0 Å². The molecule has 0 saturated heterocycles. The van der Waals surface area contributed by atoms with Crippen LogP contribution >= 0.6 is 0 Å². The third-order valence-corrected chi connectivity index (χ3v) is 1.95. The number of hydrogen-bond donors (Lipinski definition) is 0. The molecule has 0 amide bonds. The average molecular weight is 119 g/mol. The van der Waals surface area contributed by atoms with Gasteiger partial charge >= 0.3 is 52.6 Å². The summed E-state index contributed by atoms with van der Waals surface area (Å²) in [5, 5.41) is 1.36. The summed E-state index contributed by atoms with van der Waals surface area (Å²) in [5.41, 5.74) is 0. The molecule has 38 valence electrons. The zero-order valence-corrected chi connectivity index (χ0v) is 6.96. The van der Waals surface area contributed by atoms with E-state index in [0.29, 0.717) is 0 Å². The van der Waals surface area contributed by atoms with E-state index >= 15 is 0 Å². The molecule has 4 heteroatoms. The van der Waals surface area contributed by atoms with Crippen LogP contribution in [0, 0.1) is 0 Å². The van der Waals surface area contributed by atoms with Gasteiger partial charge in [-0.15, -0.1) is 0 Å². The van der Waals surface area contributed by atoms with Crippen LogP contribution in [0.15, 0.2) is 18.4 Å². The first-order valence-corrected chi connectivity index (χ1v) is 4.24. The van der Waals surface area contributed by atoms with Gasteiger partial charge in [0.15, 0.2) is 0 Å². The molecule has 0 aliphatic heterocycles. The Labute approximate surface area is 53.3 Å². The Kier molecular flexibility index (Phi) is 2.03. The second-order valence-corrected chi connectivity index (χ2v) is 2.42. The van der Waals surface area contributed by atoms with Gasteiger partial charge in [-0.25, -0.2) is 0 Å². The molecule has 1 aromatic heterocycles. The van der Waals surface area contributed by atoms with Crippen molar-refractivity contribution in [2.45, 2.75) is 0 Å². The maximum atomic E-state index is 3.98. The quantitative estimate of drug-likeness (QED) is 0.381. The summed E-state index contributed by atoms with van der Waals surface area (Å²) >= 11 is 0. The molecular formula is C4H7B2NSi. The Morgan fingerprint density at radius 2 is 2.62 bits per heavy atom. The summed E-state index contributed by atoms with van der Waals surface area (Å²) in [7, 11) is 1.24. The van der Waals surface area contributed by atoms with E-state index in [1.165, 1.54) is 22.3 Å². The van der Waals surface area contributed by atoms with Crippen molar-refractivity contribution in [1.82, 2.24) is 4.98 Å². The Balaban J connectivity index is 2.83. The topological polar surface area (TPSA) is 12.9 Å². The first-order valence-electron chi connectivity index (χ1n) is 2.82. The van der Waals surface area contributed by atoms with E-state index in [9.17, 15) is 0 Å². The van der Waals surface area contributed by atoms with E-state index in [1.807, 2.05) is 12.2 Å². The molecule has 1 heterocycles. The Morgan fingerprint density at radius 1 is 1.75 bits per heavy atom. The van der Waals surface area contributed by atoms with Gasteiger partial charge in [-0.05, 0) is 0 Å². The standard InChI is InChI=1S/C4H7B2NSi/c8-6-4-3-7-2-1-5-4/h1-3,6H,8H3. The first-order chi connectivity index (χ1) is 3.93. The van der Waals surface area contributed by atoms with E-state index < -0.39 is 0 Å².